The van der Waals surface area contributed by atoms with Crippen molar-refractivity contribution in [3.8, 4) is 5.75 Å². The summed E-state index contributed by atoms with van der Waals surface area (Å²) in [4.78, 5) is 0. The average molecular weight is 238 g/mol. The maximum atomic E-state index is 13.2. The lowest BCUT2D eigenvalue weighted by atomic mass is 10.0. The molecule has 2 nitrogen and oxygen atoms in total. The Balaban J connectivity index is 0.000000980. The summed E-state index contributed by atoms with van der Waals surface area (Å²) in [6.45, 7) is 0.465. The van der Waals surface area contributed by atoms with Crippen LogP contribution in [0.15, 0.2) is 12.1 Å². The fraction of sp³-hybridized carbons (Fsp3) is 0.333. The van der Waals surface area contributed by atoms with E-state index in [1.165, 1.54) is 6.07 Å². The molecule has 2 N–H and O–H groups in total. The van der Waals surface area contributed by atoms with E-state index >= 15 is 0 Å². The smallest absolute Gasteiger partial charge is 0.166 e. The summed E-state index contributed by atoms with van der Waals surface area (Å²) in [7, 11) is 0. The molecule has 0 amide bonds. The van der Waals surface area contributed by atoms with Gasteiger partial charge in [-0.25, -0.2) is 4.39 Å². The maximum absolute atomic E-state index is 13.2. The zero-order valence-corrected chi connectivity index (χ0v) is 8.87. The van der Waals surface area contributed by atoms with Crippen LogP contribution >= 0.6 is 24.0 Å². The number of ether oxygens (including phenoxy) is 1. The highest BCUT2D eigenvalue weighted by molar-refractivity contribution is 6.30. The lowest BCUT2D eigenvalue weighted by Crippen LogP contribution is -2.21. The predicted molar refractivity (Wildman–Crippen MR) is 55.7 cm³/mol. The van der Waals surface area contributed by atoms with E-state index in [0.29, 0.717) is 23.6 Å². The third-order valence-electron chi connectivity index (χ3n) is 2.11. The van der Waals surface area contributed by atoms with Gasteiger partial charge in [-0.1, -0.05) is 11.6 Å². The quantitative estimate of drug-likeness (QED) is 0.754. The number of rotatable bonds is 0. The van der Waals surface area contributed by atoms with Crippen LogP contribution < -0.4 is 10.5 Å². The monoisotopic (exact) mass is 237 g/mol. The van der Waals surface area contributed by atoms with Crippen LogP contribution in [0.1, 0.15) is 18.0 Å². The van der Waals surface area contributed by atoms with Crippen molar-refractivity contribution in [2.45, 2.75) is 12.5 Å². The Bertz CT molecular complexity index is 346. The summed E-state index contributed by atoms with van der Waals surface area (Å²) < 4.78 is 18.4. The van der Waals surface area contributed by atoms with Gasteiger partial charge in [0.15, 0.2) is 11.6 Å². The van der Waals surface area contributed by atoms with Crippen molar-refractivity contribution in [2.24, 2.45) is 5.73 Å². The summed E-state index contributed by atoms with van der Waals surface area (Å²) >= 11 is 5.70. The van der Waals surface area contributed by atoms with Gasteiger partial charge in [0.1, 0.15) is 0 Å². The van der Waals surface area contributed by atoms with Crippen molar-refractivity contribution in [2.75, 3.05) is 6.61 Å². The van der Waals surface area contributed by atoms with Crippen LogP contribution in [0.25, 0.3) is 0 Å². The van der Waals surface area contributed by atoms with Gasteiger partial charge >= 0.3 is 0 Å². The van der Waals surface area contributed by atoms with Crippen LogP contribution in [-0.4, -0.2) is 6.61 Å². The van der Waals surface area contributed by atoms with Gasteiger partial charge in [0.25, 0.3) is 0 Å². The molecule has 1 atom stereocenters. The van der Waals surface area contributed by atoms with Crippen LogP contribution in [-0.2, 0) is 0 Å². The predicted octanol–water partition coefficient (Wildman–Crippen LogP) is 2.68. The number of nitrogens with two attached hydrogens (primary N) is 1. The Morgan fingerprint density at radius 2 is 2.21 bits per heavy atom. The molecular weight excluding hydrogens is 228 g/mol. The van der Waals surface area contributed by atoms with Crippen molar-refractivity contribution in [1.29, 1.82) is 0 Å². The minimum atomic E-state index is -0.433. The number of benzene rings is 1. The van der Waals surface area contributed by atoms with Crippen molar-refractivity contribution >= 4 is 24.0 Å². The Labute approximate surface area is 92.6 Å². The molecule has 0 saturated carbocycles. The van der Waals surface area contributed by atoms with Crippen LogP contribution in [0.3, 0.4) is 0 Å². The first-order valence-corrected chi connectivity index (χ1v) is 4.43. The molecule has 1 aliphatic rings. The summed E-state index contributed by atoms with van der Waals surface area (Å²) in [5.41, 5.74) is 6.44. The van der Waals surface area contributed by atoms with Gasteiger partial charge in [0.05, 0.1) is 6.61 Å². The first-order valence-electron chi connectivity index (χ1n) is 4.06. The number of fused-ring (bicyclic) bond motifs is 1. The summed E-state index contributed by atoms with van der Waals surface area (Å²) in [5.74, 6) is -0.180. The molecule has 14 heavy (non-hydrogen) atoms. The fourth-order valence-electron chi connectivity index (χ4n) is 1.45. The standard InChI is InChI=1S/C9H9ClFNO.ClH/c10-5-3-6-8(12)1-2-13-9(6)7(11)4-5;/h3-4,8H,1-2,12H2;1H/t8-;/m1./s1. The summed E-state index contributed by atoms with van der Waals surface area (Å²) in [6.07, 6.45) is 0.701. The minimum absolute atomic E-state index is 0. The lowest BCUT2D eigenvalue weighted by molar-refractivity contribution is 0.255. The third kappa shape index (κ3) is 1.95. The van der Waals surface area contributed by atoms with E-state index in [-0.39, 0.29) is 24.2 Å². The van der Waals surface area contributed by atoms with E-state index < -0.39 is 5.82 Å². The van der Waals surface area contributed by atoms with E-state index in [1.54, 1.807) is 6.07 Å². The number of hydrogen-bond acceptors (Lipinski definition) is 2. The SMILES string of the molecule is Cl.N[C@@H]1CCOc2c(F)cc(Cl)cc21. The maximum Gasteiger partial charge on any atom is 0.166 e. The van der Waals surface area contributed by atoms with Gasteiger partial charge in [-0.15, -0.1) is 12.4 Å². The zero-order valence-electron chi connectivity index (χ0n) is 7.30. The zero-order chi connectivity index (χ0) is 9.42. The molecular formula is C9H10Cl2FNO. The van der Waals surface area contributed by atoms with Crippen LogP contribution in [0.4, 0.5) is 4.39 Å². The van der Waals surface area contributed by atoms with E-state index in [4.69, 9.17) is 22.1 Å². The summed E-state index contributed by atoms with van der Waals surface area (Å²) in [6, 6.07) is 2.72. The average Bonchev–Trinajstić information content (AvgIpc) is 2.07. The largest absolute Gasteiger partial charge is 0.490 e. The van der Waals surface area contributed by atoms with E-state index in [1.807, 2.05) is 0 Å². The second-order valence-electron chi connectivity index (χ2n) is 3.05. The van der Waals surface area contributed by atoms with E-state index in [2.05, 4.69) is 0 Å². The lowest BCUT2D eigenvalue weighted by Gasteiger charge is -2.23. The molecule has 1 aromatic rings. The van der Waals surface area contributed by atoms with Gasteiger partial charge < -0.3 is 10.5 Å². The Morgan fingerprint density at radius 3 is 2.93 bits per heavy atom. The fourth-order valence-corrected chi connectivity index (χ4v) is 1.66. The molecule has 0 spiro atoms. The molecule has 78 valence electrons. The molecule has 0 saturated heterocycles. The number of hydrogen-bond donors (Lipinski definition) is 1. The van der Waals surface area contributed by atoms with Gasteiger partial charge in [0.2, 0.25) is 0 Å². The Hall–Kier alpha value is -0.510. The van der Waals surface area contributed by atoms with Crippen molar-refractivity contribution < 1.29 is 9.13 Å². The first kappa shape index (κ1) is 11.6. The molecule has 0 aromatic heterocycles. The van der Waals surface area contributed by atoms with Crippen LogP contribution in [0.5, 0.6) is 5.75 Å². The van der Waals surface area contributed by atoms with Gasteiger partial charge in [-0.05, 0) is 12.1 Å². The Morgan fingerprint density at radius 1 is 1.50 bits per heavy atom. The molecule has 0 bridgehead atoms. The topological polar surface area (TPSA) is 35.2 Å². The van der Waals surface area contributed by atoms with Gasteiger partial charge in [-0.2, -0.15) is 0 Å². The molecule has 5 heteroatoms. The highest BCUT2D eigenvalue weighted by Gasteiger charge is 2.21. The third-order valence-corrected chi connectivity index (χ3v) is 2.33. The number of halogens is 3. The molecule has 2 rings (SSSR count). The van der Waals surface area contributed by atoms with Crippen LogP contribution in [0, 0.1) is 5.82 Å². The van der Waals surface area contributed by atoms with Crippen molar-refractivity contribution in [3.05, 3.63) is 28.5 Å². The first-order chi connectivity index (χ1) is 6.18. The second-order valence-corrected chi connectivity index (χ2v) is 3.49. The molecule has 1 aliphatic heterocycles. The van der Waals surface area contributed by atoms with Crippen molar-refractivity contribution in [3.63, 3.8) is 0 Å². The molecule has 0 radical (unpaired) electrons. The second kappa shape index (κ2) is 4.34. The highest BCUT2D eigenvalue weighted by atomic mass is 35.5. The molecule has 0 fully saturated rings. The molecule has 1 heterocycles. The minimum Gasteiger partial charge on any atom is -0.490 e. The normalized spacial score (nSPS) is 19.2. The highest BCUT2D eigenvalue weighted by Crippen LogP contribution is 2.35. The van der Waals surface area contributed by atoms with Crippen molar-refractivity contribution in [1.82, 2.24) is 0 Å². The van der Waals surface area contributed by atoms with Gasteiger partial charge in [0, 0.05) is 23.0 Å². The molecule has 0 aliphatic carbocycles. The van der Waals surface area contributed by atoms with E-state index in [9.17, 15) is 4.39 Å². The molecule has 0 unspecified atom stereocenters. The molecule has 1 aromatic carbocycles. The summed E-state index contributed by atoms with van der Waals surface area (Å²) in [5, 5.41) is 0.359. The van der Waals surface area contributed by atoms with Crippen LogP contribution in [0.2, 0.25) is 5.02 Å². The van der Waals surface area contributed by atoms with Gasteiger partial charge in [-0.3, -0.25) is 0 Å². The Kier molecular flexibility index (Phi) is 3.59. The van der Waals surface area contributed by atoms with E-state index in [0.717, 1.165) is 0 Å².